The zero-order chi connectivity index (χ0) is 14.1. The van der Waals surface area contributed by atoms with Crippen molar-refractivity contribution >= 4 is 34.3 Å². The third-order valence-corrected chi connectivity index (χ3v) is 4.58. The van der Waals surface area contributed by atoms with E-state index in [2.05, 4.69) is 20.2 Å². The minimum Gasteiger partial charge on any atom is -0.236 e. The van der Waals surface area contributed by atoms with Crippen LogP contribution < -0.4 is 0 Å². The van der Waals surface area contributed by atoms with Crippen LogP contribution in [0.1, 0.15) is 11.1 Å². The molecule has 4 nitrogen and oxygen atoms in total. The monoisotopic (exact) mass is 302 g/mol. The largest absolute Gasteiger partial charge is 0.236 e. The lowest BCUT2D eigenvalue weighted by Crippen LogP contribution is -1.96. The molecule has 0 bridgehead atoms. The van der Waals surface area contributed by atoms with Crippen molar-refractivity contribution in [3.05, 3.63) is 46.9 Å². The van der Waals surface area contributed by atoms with Gasteiger partial charge in [-0.05, 0) is 42.8 Å². The van der Waals surface area contributed by atoms with Crippen molar-refractivity contribution in [1.82, 2.24) is 20.2 Å². The maximum atomic E-state index is 5.98. The molecule has 0 spiro atoms. The van der Waals surface area contributed by atoms with Gasteiger partial charge >= 0.3 is 0 Å². The van der Waals surface area contributed by atoms with Crippen LogP contribution in [0.2, 0.25) is 5.15 Å². The molecule has 0 radical (unpaired) electrons. The third-order valence-electron chi connectivity index (χ3n) is 3.12. The Kier molecular flexibility index (Phi) is 3.54. The Morgan fingerprint density at radius 2 is 1.75 bits per heavy atom. The molecule has 3 aromatic rings. The summed E-state index contributed by atoms with van der Waals surface area (Å²) >= 11 is 7.46. The first-order valence-electron chi connectivity index (χ1n) is 6.04. The molecule has 20 heavy (non-hydrogen) atoms. The standard InChI is InChI=1S/C14H11ClN4S/c1-8-9(2)13(19-18-12(8)15)20-14-10-5-3-4-6-11(10)16-7-17-14/h3-7H,1-2H3. The Balaban J connectivity index is 2.08. The van der Waals surface area contributed by atoms with Crippen LogP contribution in [-0.2, 0) is 0 Å². The molecular weight excluding hydrogens is 292 g/mol. The zero-order valence-electron chi connectivity index (χ0n) is 11.0. The molecule has 100 valence electrons. The Morgan fingerprint density at radius 1 is 0.950 bits per heavy atom. The third kappa shape index (κ3) is 2.34. The summed E-state index contributed by atoms with van der Waals surface area (Å²) in [4.78, 5) is 8.60. The smallest absolute Gasteiger partial charge is 0.154 e. The van der Waals surface area contributed by atoms with Gasteiger partial charge in [-0.3, -0.25) is 0 Å². The van der Waals surface area contributed by atoms with Gasteiger partial charge in [-0.1, -0.05) is 29.8 Å². The fraction of sp³-hybridized carbons (Fsp3) is 0.143. The number of fused-ring (bicyclic) bond motifs is 1. The van der Waals surface area contributed by atoms with E-state index in [1.54, 1.807) is 6.33 Å². The second kappa shape index (κ2) is 5.34. The fourth-order valence-electron chi connectivity index (χ4n) is 1.80. The molecule has 0 aliphatic heterocycles. The summed E-state index contributed by atoms with van der Waals surface area (Å²) in [5.74, 6) is 0. The number of para-hydroxylation sites is 1. The molecule has 6 heteroatoms. The van der Waals surface area contributed by atoms with Crippen LogP contribution in [0, 0.1) is 13.8 Å². The summed E-state index contributed by atoms with van der Waals surface area (Å²) in [7, 11) is 0. The summed E-state index contributed by atoms with van der Waals surface area (Å²) in [6.07, 6.45) is 1.57. The summed E-state index contributed by atoms with van der Waals surface area (Å²) in [5.41, 5.74) is 2.89. The van der Waals surface area contributed by atoms with Crippen molar-refractivity contribution in [2.75, 3.05) is 0 Å². The summed E-state index contributed by atoms with van der Waals surface area (Å²) < 4.78 is 0. The minimum absolute atomic E-state index is 0.444. The summed E-state index contributed by atoms with van der Waals surface area (Å²) in [6.45, 7) is 3.93. The number of hydrogen-bond donors (Lipinski definition) is 0. The molecule has 2 heterocycles. The first-order chi connectivity index (χ1) is 9.66. The van der Waals surface area contributed by atoms with Crippen LogP contribution in [0.5, 0.6) is 0 Å². The predicted molar refractivity (Wildman–Crippen MR) is 80.2 cm³/mol. The van der Waals surface area contributed by atoms with Crippen molar-refractivity contribution in [2.24, 2.45) is 0 Å². The van der Waals surface area contributed by atoms with Gasteiger partial charge in [-0.2, -0.15) is 0 Å². The van der Waals surface area contributed by atoms with E-state index < -0.39 is 0 Å². The van der Waals surface area contributed by atoms with Gasteiger partial charge in [-0.15, -0.1) is 10.2 Å². The van der Waals surface area contributed by atoms with Gasteiger partial charge in [0.25, 0.3) is 0 Å². The second-order valence-electron chi connectivity index (χ2n) is 4.34. The highest BCUT2D eigenvalue weighted by atomic mass is 35.5. The number of rotatable bonds is 2. The lowest BCUT2D eigenvalue weighted by Gasteiger charge is -2.08. The quantitative estimate of drug-likeness (QED) is 0.673. The highest BCUT2D eigenvalue weighted by Crippen LogP contribution is 2.33. The number of aromatic nitrogens is 4. The highest BCUT2D eigenvalue weighted by molar-refractivity contribution is 7.99. The van der Waals surface area contributed by atoms with Crippen LogP contribution in [0.15, 0.2) is 40.6 Å². The first-order valence-corrected chi connectivity index (χ1v) is 7.23. The van der Waals surface area contributed by atoms with E-state index in [1.165, 1.54) is 11.8 Å². The van der Waals surface area contributed by atoms with E-state index in [-0.39, 0.29) is 0 Å². The lowest BCUT2D eigenvalue weighted by atomic mass is 10.2. The van der Waals surface area contributed by atoms with E-state index in [9.17, 15) is 0 Å². The van der Waals surface area contributed by atoms with Gasteiger partial charge in [0.15, 0.2) is 5.15 Å². The highest BCUT2D eigenvalue weighted by Gasteiger charge is 2.12. The fourth-order valence-corrected chi connectivity index (χ4v) is 2.94. The van der Waals surface area contributed by atoms with Crippen LogP contribution in [0.3, 0.4) is 0 Å². The van der Waals surface area contributed by atoms with Gasteiger partial charge in [0.2, 0.25) is 0 Å². The van der Waals surface area contributed by atoms with Crippen LogP contribution in [0.25, 0.3) is 10.9 Å². The van der Waals surface area contributed by atoms with E-state index in [0.717, 1.165) is 32.1 Å². The number of halogens is 1. The number of nitrogens with zero attached hydrogens (tertiary/aromatic N) is 4. The van der Waals surface area contributed by atoms with Crippen molar-refractivity contribution in [3.63, 3.8) is 0 Å². The van der Waals surface area contributed by atoms with Crippen molar-refractivity contribution < 1.29 is 0 Å². The summed E-state index contributed by atoms with van der Waals surface area (Å²) in [6, 6.07) is 7.90. The van der Waals surface area contributed by atoms with Crippen molar-refractivity contribution in [3.8, 4) is 0 Å². The average Bonchev–Trinajstić information content (AvgIpc) is 2.48. The Labute approximate surface area is 125 Å². The maximum Gasteiger partial charge on any atom is 0.154 e. The average molecular weight is 303 g/mol. The second-order valence-corrected chi connectivity index (χ2v) is 5.68. The van der Waals surface area contributed by atoms with Gasteiger partial charge in [0.05, 0.1) is 5.52 Å². The topological polar surface area (TPSA) is 51.6 Å². The molecule has 0 aliphatic carbocycles. The van der Waals surface area contributed by atoms with E-state index in [4.69, 9.17) is 11.6 Å². The van der Waals surface area contributed by atoms with Crippen molar-refractivity contribution in [2.45, 2.75) is 23.9 Å². The molecule has 2 aromatic heterocycles. The molecule has 0 N–H and O–H groups in total. The Bertz CT molecular complexity index is 786. The SMILES string of the molecule is Cc1c(Cl)nnc(Sc2ncnc3ccccc23)c1C. The molecule has 0 fully saturated rings. The number of benzene rings is 1. The Hall–Kier alpha value is -1.72. The van der Waals surface area contributed by atoms with Crippen LogP contribution in [-0.4, -0.2) is 20.2 Å². The van der Waals surface area contributed by atoms with Crippen LogP contribution >= 0.6 is 23.4 Å². The van der Waals surface area contributed by atoms with Crippen molar-refractivity contribution in [1.29, 1.82) is 0 Å². The summed E-state index contributed by atoms with van der Waals surface area (Å²) in [5, 5.41) is 11.3. The molecule has 0 saturated heterocycles. The van der Waals surface area contributed by atoms with Gasteiger partial charge in [-0.25, -0.2) is 9.97 Å². The molecule has 0 atom stereocenters. The zero-order valence-corrected chi connectivity index (χ0v) is 12.5. The normalized spacial score (nSPS) is 10.9. The molecular formula is C14H11ClN4S. The van der Waals surface area contributed by atoms with Gasteiger partial charge in [0, 0.05) is 5.39 Å². The Morgan fingerprint density at radius 3 is 2.60 bits per heavy atom. The molecule has 0 aliphatic rings. The minimum atomic E-state index is 0.444. The van der Waals surface area contributed by atoms with E-state index in [1.807, 2.05) is 38.1 Å². The maximum absolute atomic E-state index is 5.98. The molecule has 0 saturated carbocycles. The van der Waals surface area contributed by atoms with Gasteiger partial charge in [0.1, 0.15) is 16.4 Å². The van der Waals surface area contributed by atoms with Crippen LogP contribution in [0.4, 0.5) is 0 Å². The lowest BCUT2D eigenvalue weighted by molar-refractivity contribution is 0.889. The molecule has 0 unspecified atom stereocenters. The van der Waals surface area contributed by atoms with Gasteiger partial charge < -0.3 is 0 Å². The predicted octanol–water partition coefficient (Wildman–Crippen LogP) is 3.84. The first kappa shape index (κ1) is 13.3. The molecule has 0 amide bonds. The number of hydrogen-bond acceptors (Lipinski definition) is 5. The molecule has 3 rings (SSSR count). The van der Waals surface area contributed by atoms with E-state index >= 15 is 0 Å². The van der Waals surface area contributed by atoms with E-state index in [0.29, 0.717) is 5.15 Å². The molecule has 1 aromatic carbocycles.